The van der Waals surface area contributed by atoms with E-state index in [0.717, 1.165) is 0 Å². The Morgan fingerprint density at radius 1 is 1.07 bits per heavy atom. The average molecular weight is 565 g/mol. The van der Waals surface area contributed by atoms with Crippen molar-refractivity contribution in [3.63, 3.8) is 0 Å². The van der Waals surface area contributed by atoms with E-state index in [9.17, 15) is 39.9 Å². The first-order valence-corrected chi connectivity index (χ1v) is 12.9. The second kappa shape index (κ2) is 8.80. The number of ether oxygens (including phenoxy) is 2. The van der Waals surface area contributed by atoms with Crippen LogP contribution in [0.15, 0.2) is 47.2 Å². The minimum atomic E-state index is -2.96. The number of amides is 1. The standard InChI is InChI=1S/C29H28N2O10/c1-10-12-5-6-13(11-4-7-14-15(8-11)41-9-40-14)22(32)17(12)23(33)18-16(10)24(34)20-21(31(2)3)25(35)19(28(30)38)27(37)29(20,39)26(18)36/h4-8,10,16,20-21,24,32-34,37,39H,9H2,1-3H3,(H2,30,38)/t10-,16+,20+,21-,24-,29-/m0/s1. The van der Waals surface area contributed by atoms with Crippen molar-refractivity contribution >= 4 is 23.2 Å². The number of aliphatic hydroxyl groups excluding tert-OH is 3. The smallest absolute Gasteiger partial charge is 0.255 e. The van der Waals surface area contributed by atoms with Crippen LogP contribution < -0.4 is 15.2 Å². The molecule has 0 radical (unpaired) electrons. The lowest BCUT2D eigenvalue weighted by Crippen LogP contribution is -2.70. The first-order chi connectivity index (χ1) is 19.3. The predicted molar refractivity (Wildman–Crippen MR) is 142 cm³/mol. The van der Waals surface area contributed by atoms with E-state index in [1.807, 2.05) is 0 Å². The molecule has 1 amide bonds. The van der Waals surface area contributed by atoms with Crippen molar-refractivity contribution in [1.29, 1.82) is 0 Å². The van der Waals surface area contributed by atoms with Crippen LogP contribution in [0.5, 0.6) is 17.2 Å². The monoisotopic (exact) mass is 564 g/mol. The Hall–Kier alpha value is -4.39. The van der Waals surface area contributed by atoms with Crippen molar-refractivity contribution in [2.24, 2.45) is 17.6 Å². The molecular formula is C29H28N2O10. The fraction of sp³-hybridized carbons (Fsp3) is 0.345. The van der Waals surface area contributed by atoms with Gasteiger partial charge in [0.2, 0.25) is 12.6 Å². The number of primary amides is 1. The molecule has 1 saturated carbocycles. The number of carbonyl (C=O) groups is 3. The molecule has 0 aromatic heterocycles. The number of hydrogen-bond donors (Lipinski definition) is 6. The van der Waals surface area contributed by atoms with Gasteiger partial charge in [-0.1, -0.05) is 25.1 Å². The summed E-state index contributed by atoms with van der Waals surface area (Å²) in [5.41, 5.74) is 2.14. The van der Waals surface area contributed by atoms with Crippen LogP contribution in [-0.2, 0) is 14.4 Å². The lowest BCUT2D eigenvalue weighted by atomic mass is 9.54. The van der Waals surface area contributed by atoms with E-state index in [1.165, 1.54) is 19.0 Å². The van der Waals surface area contributed by atoms with Gasteiger partial charge in [0, 0.05) is 17.1 Å². The normalized spacial score (nSPS) is 30.3. The van der Waals surface area contributed by atoms with Gasteiger partial charge in [0.15, 0.2) is 22.9 Å². The molecule has 2 aromatic carbocycles. The molecule has 7 N–H and O–H groups in total. The second-order valence-electron chi connectivity index (χ2n) is 11.0. The molecule has 1 heterocycles. The number of likely N-dealkylation sites (N-methyl/N-ethyl adjacent to an activating group) is 1. The van der Waals surface area contributed by atoms with E-state index in [1.54, 1.807) is 37.3 Å². The summed E-state index contributed by atoms with van der Waals surface area (Å²) in [5, 5.41) is 57.4. The number of benzene rings is 2. The van der Waals surface area contributed by atoms with Crippen LogP contribution in [0.25, 0.3) is 16.9 Å². The molecule has 12 nitrogen and oxygen atoms in total. The molecule has 41 heavy (non-hydrogen) atoms. The third-order valence-electron chi connectivity index (χ3n) is 8.81. The Morgan fingerprint density at radius 3 is 2.41 bits per heavy atom. The molecule has 0 spiro atoms. The van der Waals surface area contributed by atoms with Crippen LogP contribution in [0.1, 0.15) is 24.0 Å². The fourth-order valence-corrected chi connectivity index (χ4v) is 6.91. The second-order valence-corrected chi connectivity index (χ2v) is 11.0. The summed E-state index contributed by atoms with van der Waals surface area (Å²) in [6.07, 6.45) is -1.65. The van der Waals surface area contributed by atoms with E-state index < -0.39 is 75.6 Å². The Morgan fingerprint density at radius 2 is 1.76 bits per heavy atom. The van der Waals surface area contributed by atoms with Crippen molar-refractivity contribution in [1.82, 2.24) is 4.90 Å². The molecule has 0 unspecified atom stereocenters. The Balaban J connectivity index is 1.57. The molecule has 0 bridgehead atoms. The molecule has 2 aromatic rings. The molecule has 6 rings (SSSR count). The maximum absolute atomic E-state index is 14.1. The van der Waals surface area contributed by atoms with Crippen LogP contribution in [0.3, 0.4) is 0 Å². The maximum atomic E-state index is 14.1. The number of rotatable bonds is 3. The van der Waals surface area contributed by atoms with Gasteiger partial charge in [0.1, 0.15) is 22.8 Å². The van der Waals surface area contributed by atoms with Gasteiger partial charge in [-0.3, -0.25) is 19.3 Å². The molecular weight excluding hydrogens is 536 g/mol. The first-order valence-electron chi connectivity index (χ1n) is 12.9. The van der Waals surface area contributed by atoms with E-state index >= 15 is 0 Å². The topological polar surface area (TPSA) is 200 Å². The van der Waals surface area contributed by atoms with Crippen LogP contribution in [-0.4, -0.2) is 86.5 Å². The van der Waals surface area contributed by atoms with Gasteiger partial charge >= 0.3 is 0 Å². The highest BCUT2D eigenvalue weighted by Gasteiger charge is 2.68. The van der Waals surface area contributed by atoms with Crippen molar-refractivity contribution in [2.75, 3.05) is 20.9 Å². The number of ketones is 2. The number of carbonyl (C=O) groups excluding carboxylic acids is 3. The molecule has 214 valence electrons. The number of nitrogens with zero attached hydrogens (tertiary/aromatic N) is 1. The minimum absolute atomic E-state index is 0.0497. The van der Waals surface area contributed by atoms with Crippen LogP contribution >= 0.6 is 0 Å². The molecule has 4 aliphatic rings. The summed E-state index contributed by atoms with van der Waals surface area (Å²) in [6, 6.07) is 6.89. The summed E-state index contributed by atoms with van der Waals surface area (Å²) in [5.74, 6) is -8.31. The minimum Gasteiger partial charge on any atom is -0.508 e. The van der Waals surface area contributed by atoms with Gasteiger partial charge in [-0.15, -0.1) is 0 Å². The Bertz CT molecular complexity index is 1630. The van der Waals surface area contributed by atoms with Crippen LogP contribution in [0.4, 0.5) is 0 Å². The first kappa shape index (κ1) is 26.8. The maximum Gasteiger partial charge on any atom is 0.255 e. The number of Topliss-reactive ketones (excluding diaryl/α,β-unsaturated/α-hetero) is 2. The van der Waals surface area contributed by atoms with E-state index in [-0.39, 0.29) is 18.1 Å². The summed E-state index contributed by atoms with van der Waals surface area (Å²) < 4.78 is 10.8. The van der Waals surface area contributed by atoms with Crippen molar-refractivity contribution < 1.29 is 49.4 Å². The van der Waals surface area contributed by atoms with E-state index in [4.69, 9.17) is 15.2 Å². The molecule has 1 fully saturated rings. The number of aliphatic hydroxyl groups is 4. The SMILES string of the molecule is C[C@H]1c2ccc(-c3ccc4c(c3)OCO4)c(O)c2C(O)=C2C(=O)[C@]3(O)C(O)=C(C(N)=O)C(=O)[C@@H](N(C)C)[C@@H]3[C@@H](O)[C@@H]21. The molecule has 0 saturated heterocycles. The number of fused-ring (bicyclic) bond motifs is 4. The molecule has 3 aliphatic carbocycles. The highest BCUT2D eigenvalue weighted by Crippen LogP contribution is 2.57. The lowest BCUT2D eigenvalue weighted by molar-refractivity contribution is -0.169. The summed E-state index contributed by atoms with van der Waals surface area (Å²) >= 11 is 0. The Kier molecular flexibility index (Phi) is 5.76. The zero-order chi connectivity index (χ0) is 29.7. The zero-order valence-corrected chi connectivity index (χ0v) is 22.3. The van der Waals surface area contributed by atoms with Gasteiger partial charge < -0.3 is 40.7 Å². The Labute approximate surface area is 233 Å². The zero-order valence-electron chi connectivity index (χ0n) is 22.3. The number of hydrogen-bond acceptors (Lipinski definition) is 11. The summed E-state index contributed by atoms with van der Waals surface area (Å²) in [7, 11) is 2.92. The van der Waals surface area contributed by atoms with Gasteiger partial charge in [0.05, 0.1) is 23.6 Å². The number of nitrogens with two attached hydrogens (primary N) is 1. The number of phenolic OH excluding ortho intramolecular Hbond substituents is 1. The molecule has 6 atom stereocenters. The molecule has 1 aliphatic heterocycles. The third kappa shape index (κ3) is 3.35. The summed E-state index contributed by atoms with van der Waals surface area (Å²) in [6.45, 7) is 1.73. The third-order valence-corrected chi connectivity index (χ3v) is 8.81. The number of aromatic hydroxyl groups is 1. The highest BCUT2D eigenvalue weighted by molar-refractivity contribution is 6.24. The lowest BCUT2D eigenvalue weighted by Gasteiger charge is -2.53. The van der Waals surface area contributed by atoms with Crippen LogP contribution in [0.2, 0.25) is 0 Å². The van der Waals surface area contributed by atoms with Gasteiger partial charge in [-0.2, -0.15) is 0 Å². The number of phenols is 1. The van der Waals surface area contributed by atoms with Crippen molar-refractivity contribution in [3.8, 4) is 28.4 Å². The van der Waals surface area contributed by atoms with Crippen molar-refractivity contribution in [3.05, 3.63) is 58.4 Å². The van der Waals surface area contributed by atoms with Crippen molar-refractivity contribution in [2.45, 2.75) is 30.6 Å². The fourth-order valence-electron chi connectivity index (χ4n) is 6.91. The van der Waals surface area contributed by atoms with Gasteiger partial charge in [-0.25, -0.2) is 0 Å². The predicted octanol–water partition coefficient (Wildman–Crippen LogP) is 0.891. The largest absolute Gasteiger partial charge is 0.508 e. The van der Waals surface area contributed by atoms with Gasteiger partial charge in [0.25, 0.3) is 5.91 Å². The quantitative estimate of drug-likeness (QED) is 0.289. The summed E-state index contributed by atoms with van der Waals surface area (Å²) in [4.78, 5) is 40.9. The van der Waals surface area contributed by atoms with Crippen LogP contribution in [0, 0.1) is 11.8 Å². The van der Waals surface area contributed by atoms with E-state index in [0.29, 0.717) is 28.2 Å². The highest BCUT2D eigenvalue weighted by atomic mass is 16.7. The van der Waals surface area contributed by atoms with E-state index in [2.05, 4.69) is 0 Å². The molecule has 12 heteroatoms. The van der Waals surface area contributed by atoms with Gasteiger partial charge in [-0.05, 0) is 43.3 Å². The average Bonchev–Trinajstić information content (AvgIpc) is 3.38.